The Kier molecular flexibility index (Phi) is 4.31. The average Bonchev–Trinajstić information content (AvgIpc) is 2.38. The number of hydrogen-bond donors (Lipinski definition) is 1. The van der Waals surface area contributed by atoms with Crippen LogP contribution in [-0.4, -0.2) is 43.1 Å². The van der Waals surface area contributed by atoms with Crippen molar-refractivity contribution in [3.05, 3.63) is 30.1 Å². The van der Waals surface area contributed by atoms with Crippen LogP contribution in [0.4, 0.5) is 0 Å². The Morgan fingerprint density at radius 1 is 1.38 bits per heavy atom. The fourth-order valence-corrected chi connectivity index (χ4v) is 2.34. The van der Waals surface area contributed by atoms with Crippen LogP contribution in [0.3, 0.4) is 0 Å². The molecule has 2 heterocycles. The number of pyridine rings is 1. The van der Waals surface area contributed by atoms with Gasteiger partial charge in [0.05, 0.1) is 0 Å². The zero-order chi connectivity index (χ0) is 11.2. The van der Waals surface area contributed by atoms with Crippen LogP contribution >= 0.6 is 0 Å². The molecule has 1 aromatic heterocycles. The molecule has 1 aromatic rings. The molecule has 2 rings (SSSR count). The van der Waals surface area contributed by atoms with Gasteiger partial charge in [-0.05, 0) is 45.1 Å². The summed E-state index contributed by atoms with van der Waals surface area (Å²) in [6.45, 7) is 4.69. The first-order valence-corrected chi connectivity index (χ1v) is 6.18. The molecule has 0 atom stereocenters. The van der Waals surface area contributed by atoms with Gasteiger partial charge in [0.2, 0.25) is 0 Å². The maximum absolute atomic E-state index is 4.46. The topological polar surface area (TPSA) is 28.2 Å². The van der Waals surface area contributed by atoms with Crippen molar-refractivity contribution in [2.75, 3.05) is 33.2 Å². The summed E-state index contributed by atoms with van der Waals surface area (Å²) >= 11 is 0. The Balaban J connectivity index is 1.81. The highest BCUT2D eigenvalue weighted by molar-refractivity contribution is 5.10. The van der Waals surface area contributed by atoms with E-state index >= 15 is 0 Å². The lowest BCUT2D eigenvalue weighted by Gasteiger charge is -2.31. The molecular weight excluding hydrogens is 198 g/mol. The molecule has 1 N–H and O–H groups in total. The first-order chi connectivity index (χ1) is 7.90. The number of rotatable bonds is 4. The van der Waals surface area contributed by atoms with Gasteiger partial charge in [0.1, 0.15) is 0 Å². The van der Waals surface area contributed by atoms with Gasteiger partial charge in [-0.15, -0.1) is 0 Å². The molecule has 1 aliphatic rings. The van der Waals surface area contributed by atoms with Gasteiger partial charge in [-0.3, -0.25) is 4.98 Å². The van der Waals surface area contributed by atoms with E-state index in [1.54, 1.807) is 0 Å². The quantitative estimate of drug-likeness (QED) is 0.831. The molecule has 3 nitrogen and oxygen atoms in total. The number of piperidine rings is 1. The number of nitrogens with zero attached hydrogens (tertiary/aromatic N) is 2. The van der Waals surface area contributed by atoms with E-state index in [0.717, 1.165) is 6.54 Å². The Hall–Kier alpha value is -0.930. The van der Waals surface area contributed by atoms with Gasteiger partial charge in [-0.25, -0.2) is 0 Å². The first-order valence-electron chi connectivity index (χ1n) is 6.18. The summed E-state index contributed by atoms with van der Waals surface area (Å²) in [6, 6.07) is 6.25. The van der Waals surface area contributed by atoms with Gasteiger partial charge < -0.3 is 10.2 Å². The number of hydrogen-bond acceptors (Lipinski definition) is 3. The molecule has 1 fully saturated rings. The summed E-state index contributed by atoms with van der Waals surface area (Å²) in [4.78, 5) is 7.00. The third-order valence-corrected chi connectivity index (χ3v) is 3.37. The lowest BCUT2D eigenvalue weighted by molar-refractivity contribution is 0.212. The number of likely N-dealkylation sites (N-methyl/N-ethyl adjacent to an activating group) is 1. The van der Waals surface area contributed by atoms with Crippen LogP contribution in [0.5, 0.6) is 0 Å². The SMILES string of the molecule is CNCCN1CCC(c2ccccn2)CC1. The van der Waals surface area contributed by atoms with E-state index in [-0.39, 0.29) is 0 Å². The van der Waals surface area contributed by atoms with Crippen molar-refractivity contribution in [2.45, 2.75) is 18.8 Å². The molecular formula is C13H21N3. The minimum Gasteiger partial charge on any atom is -0.318 e. The third-order valence-electron chi connectivity index (χ3n) is 3.37. The Labute approximate surface area is 97.9 Å². The summed E-state index contributed by atoms with van der Waals surface area (Å²) < 4.78 is 0. The van der Waals surface area contributed by atoms with Crippen LogP contribution in [0.25, 0.3) is 0 Å². The molecule has 0 aromatic carbocycles. The molecule has 0 amide bonds. The first kappa shape index (κ1) is 11.6. The van der Waals surface area contributed by atoms with Crippen molar-refractivity contribution in [2.24, 2.45) is 0 Å². The smallest absolute Gasteiger partial charge is 0.0435 e. The van der Waals surface area contributed by atoms with Crippen molar-refractivity contribution in [1.82, 2.24) is 15.2 Å². The van der Waals surface area contributed by atoms with Gasteiger partial charge in [-0.1, -0.05) is 6.07 Å². The van der Waals surface area contributed by atoms with E-state index in [4.69, 9.17) is 0 Å². The van der Waals surface area contributed by atoms with E-state index in [0.29, 0.717) is 5.92 Å². The fourth-order valence-electron chi connectivity index (χ4n) is 2.34. The summed E-state index contributed by atoms with van der Waals surface area (Å²) in [7, 11) is 2.01. The van der Waals surface area contributed by atoms with Gasteiger partial charge in [0, 0.05) is 30.9 Å². The molecule has 0 saturated carbocycles. The second-order valence-corrected chi connectivity index (χ2v) is 4.47. The number of likely N-dealkylation sites (tertiary alicyclic amines) is 1. The second kappa shape index (κ2) is 5.97. The van der Waals surface area contributed by atoms with Crippen molar-refractivity contribution >= 4 is 0 Å². The molecule has 16 heavy (non-hydrogen) atoms. The summed E-state index contributed by atoms with van der Waals surface area (Å²) in [6.07, 6.45) is 4.41. The number of aromatic nitrogens is 1. The lowest BCUT2D eigenvalue weighted by Crippen LogP contribution is -2.37. The van der Waals surface area contributed by atoms with E-state index in [2.05, 4.69) is 27.3 Å². The van der Waals surface area contributed by atoms with Crippen molar-refractivity contribution < 1.29 is 0 Å². The molecule has 0 bridgehead atoms. The Morgan fingerprint density at radius 2 is 2.19 bits per heavy atom. The average molecular weight is 219 g/mol. The predicted octanol–water partition coefficient (Wildman–Crippen LogP) is 1.48. The van der Waals surface area contributed by atoms with Crippen molar-refractivity contribution in [3.63, 3.8) is 0 Å². The Bertz CT molecular complexity index is 291. The highest BCUT2D eigenvalue weighted by Crippen LogP contribution is 2.25. The van der Waals surface area contributed by atoms with Crippen LogP contribution in [0.15, 0.2) is 24.4 Å². The van der Waals surface area contributed by atoms with Crippen LogP contribution in [0, 0.1) is 0 Å². The monoisotopic (exact) mass is 219 g/mol. The fraction of sp³-hybridized carbons (Fsp3) is 0.615. The molecule has 0 spiro atoms. The molecule has 88 valence electrons. The van der Waals surface area contributed by atoms with Gasteiger partial charge in [-0.2, -0.15) is 0 Å². The molecule has 1 saturated heterocycles. The highest BCUT2D eigenvalue weighted by atomic mass is 15.1. The molecule has 3 heteroatoms. The second-order valence-electron chi connectivity index (χ2n) is 4.47. The van der Waals surface area contributed by atoms with E-state index < -0.39 is 0 Å². The maximum Gasteiger partial charge on any atom is 0.0435 e. The molecule has 0 radical (unpaired) electrons. The third kappa shape index (κ3) is 3.03. The standard InChI is InChI=1S/C13H21N3/c1-14-8-11-16-9-5-12(6-10-16)13-4-2-3-7-15-13/h2-4,7,12,14H,5-6,8-11H2,1H3. The van der Waals surface area contributed by atoms with Crippen molar-refractivity contribution in [3.8, 4) is 0 Å². The van der Waals surface area contributed by atoms with Crippen LogP contribution < -0.4 is 5.32 Å². The van der Waals surface area contributed by atoms with Crippen LogP contribution in [0.2, 0.25) is 0 Å². The van der Waals surface area contributed by atoms with Gasteiger partial charge >= 0.3 is 0 Å². The Morgan fingerprint density at radius 3 is 2.81 bits per heavy atom. The number of nitrogens with one attached hydrogen (secondary N) is 1. The molecule has 0 aliphatic carbocycles. The van der Waals surface area contributed by atoms with Crippen LogP contribution in [-0.2, 0) is 0 Å². The van der Waals surface area contributed by atoms with E-state index in [9.17, 15) is 0 Å². The van der Waals surface area contributed by atoms with E-state index in [1.165, 1.54) is 38.2 Å². The molecule has 0 unspecified atom stereocenters. The van der Waals surface area contributed by atoms with Crippen LogP contribution in [0.1, 0.15) is 24.5 Å². The maximum atomic E-state index is 4.46. The normalized spacial score (nSPS) is 18.8. The summed E-state index contributed by atoms with van der Waals surface area (Å²) in [5.41, 5.74) is 1.27. The van der Waals surface area contributed by atoms with Gasteiger partial charge in [0.25, 0.3) is 0 Å². The minimum atomic E-state index is 0.673. The zero-order valence-electron chi connectivity index (χ0n) is 10.0. The largest absolute Gasteiger partial charge is 0.318 e. The van der Waals surface area contributed by atoms with E-state index in [1.807, 2.05) is 19.3 Å². The lowest BCUT2D eigenvalue weighted by atomic mass is 9.93. The van der Waals surface area contributed by atoms with Crippen molar-refractivity contribution in [1.29, 1.82) is 0 Å². The zero-order valence-corrected chi connectivity index (χ0v) is 10.0. The van der Waals surface area contributed by atoms with Gasteiger partial charge in [0.15, 0.2) is 0 Å². The summed E-state index contributed by atoms with van der Waals surface area (Å²) in [5, 5.41) is 3.20. The highest BCUT2D eigenvalue weighted by Gasteiger charge is 2.20. The minimum absolute atomic E-state index is 0.673. The molecule has 1 aliphatic heterocycles. The summed E-state index contributed by atoms with van der Waals surface area (Å²) in [5.74, 6) is 0.673. The predicted molar refractivity (Wildman–Crippen MR) is 66.6 cm³/mol.